The van der Waals surface area contributed by atoms with Crippen LogP contribution in [0.3, 0.4) is 0 Å². The summed E-state index contributed by atoms with van der Waals surface area (Å²) in [5, 5.41) is 3.22. The summed E-state index contributed by atoms with van der Waals surface area (Å²) < 4.78 is 40.8. The molecular weight excluding hydrogens is 415 g/mol. The van der Waals surface area contributed by atoms with Gasteiger partial charge in [0.05, 0.1) is 5.56 Å². The average molecular weight is 430 g/mol. The van der Waals surface area contributed by atoms with E-state index in [2.05, 4.69) is 10.3 Å². The first-order chi connectivity index (χ1) is 14.2. The van der Waals surface area contributed by atoms with Gasteiger partial charge in [-0.05, 0) is 48.9 Å². The first-order valence-electron chi connectivity index (χ1n) is 8.95. The van der Waals surface area contributed by atoms with Crippen LogP contribution >= 0.6 is 11.6 Å². The van der Waals surface area contributed by atoms with E-state index in [0.717, 1.165) is 17.7 Å². The minimum absolute atomic E-state index is 0.107. The third-order valence-corrected chi connectivity index (χ3v) is 4.78. The fourth-order valence-corrected chi connectivity index (χ4v) is 3.31. The number of pyridine rings is 1. The van der Waals surface area contributed by atoms with Crippen LogP contribution < -0.4 is 5.32 Å². The zero-order valence-corrected chi connectivity index (χ0v) is 16.4. The summed E-state index contributed by atoms with van der Waals surface area (Å²) in [6, 6.07) is 14.9. The van der Waals surface area contributed by atoms with Gasteiger partial charge >= 0.3 is 6.18 Å². The van der Waals surface area contributed by atoms with Gasteiger partial charge in [0, 0.05) is 22.3 Å². The van der Waals surface area contributed by atoms with Gasteiger partial charge in [0.15, 0.2) is 0 Å². The number of amides is 1. The Morgan fingerprint density at radius 3 is 2.57 bits per heavy atom. The molecule has 0 bridgehead atoms. The summed E-state index contributed by atoms with van der Waals surface area (Å²) in [6.07, 6.45) is -2.75. The Bertz CT molecular complexity index is 1260. The van der Waals surface area contributed by atoms with Gasteiger partial charge in [-0.1, -0.05) is 35.9 Å². The van der Waals surface area contributed by atoms with Crippen molar-refractivity contribution >= 4 is 29.0 Å². The van der Waals surface area contributed by atoms with Gasteiger partial charge in [0.1, 0.15) is 17.2 Å². The Balaban J connectivity index is 1.81. The lowest BCUT2D eigenvalue weighted by atomic mass is 10.1. The molecule has 0 aliphatic rings. The quantitative estimate of drug-likeness (QED) is 0.419. The summed E-state index contributed by atoms with van der Waals surface area (Å²) >= 11 is 6.10. The van der Waals surface area contributed by atoms with Gasteiger partial charge in [-0.3, -0.25) is 9.20 Å². The smallest absolute Gasteiger partial charge is 0.306 e. The van der Waals surface area contributed by atoms with Crippen molar-refractivity contribution in [2.75, 3.05) is 5.32 Å². The van der Waals surface area contributed by atoms with E-state index < -0.39 is 17.6 Å². The third kappa shape index (κ3) is 3.89. The van der Waals surface area contributed by atoms with Crippen molar-refractivity contribution in [1.82, 2.24) is 9.38 Å². The van der Waals surface area contributed by atoms with Crippen molar-refractivity contribution in [3.63, 3.8) is 0 Å². The molecule has 0 atom stereocenters. The van der Waals surface area contributed by atoms with E-state index in [4.69, 9.17) is 11.6 Å². The van der Waals surface area contributed by atoms with Crippen LogP contribution in [0.5, 0.6) is 0 Å². The number of halogens is 4. The van der Waals surface area contributed by atoms with Crippen LogP contribution in [0.2, 0.25) is 5.02 Å². The summed E-state index contributed by atoms with van der Waals surface area (Å²) in [5.41, 5.74) is 1.64. The van der Waals surface area contributed by atoms with E-state index in [9.17, 15) is 18.0 Å². The second-order valence-electron chi connectivity index (χ2n) is 6.79. The third-order valence-electron chi connectivity index (χ3n) is 4.55. The molecule has 4 aromatic rings. The molecule has 2 aromatic heterocycles. The predicted molar refractivity (Wildman–Crippen MR) is 110 cm³/mol. The van der Waals surface area contributed by atoms with Gasteiger partial charge in [-0.15, -0.1) is 0 Å². The lowest BCUT2D eigenvalue weighted by Gasteiger charge is -2.11. The molecule has 0 saturated heterocycles. The van der Waals surface area contributed by atoms with E-state index in [1.54, 1.807) is 40.9 Å². The maximum Gasteiger partial charge on any atom is 0.416 e. The van der Waals surface area contributed by atoms with Crippen LogP contribution in [0.25, 0.3) is 16.9 Å². The first-order valence-corrected chi connectivity index (χ1v) is 9.33. The van der Waals surface area contributed by atoms with Crippen molar-refractivity contribution in [1.29, 1.82) is 0 Å². The molecule has 4 rings (SSSR count). The number of rotatable bonds is 3. The highest BCUT2D eigenvalue weighted by molar-refractivity contribution is 6.30. The minimum Gasteiger partial charge on any atom is -0.306 e. The molecule has 0 fully saturated rings. The highest BCUT2D eigenvalue weighted by Gasteiger charge is 2.31. The molecule has 0 radical (unpaired) electrons. The molecule has 30 heavy (non-hydrogen) atoms. The Labute approximate surface area is 174 Å². The fraction of sp³-hybridized carbons (Fsp3) is 0.0909. The topological polar surface area (TPSA) is 46.4 Å². The molecule has 1 N–H and O–H groups in total. The van der Waals surface area contributed by atoms with E-state index in [1.165, 1.54) is 12.1 Å². The molecule has 1 amide bonds. The monoisotopic (exact) mass is 429 g/mol. The Morgan fingerprint density at radius 1 is 1.07 bits per heavy atom. The highest BCUT2D eigenvalue weighted by atomic mass is 35.5. The average Bonchev–Trinajstić information content (AvgIpc) is 3.05. The fourth-order valence-electron chi connectivity index (χ4n) is 3.12. The van der Waals surface area contributed by atoms with Gasteiger partial charge in [-0.25, -0.2) is 4.98 Å². The highest BCUT2D eigenvalue weighted by Crippen LogP contribution is 2.32. The second-order valence-corrected chi connectivity index (χ2v) is 7.22. The number of aromatic nitrogens is 2. The Hall–Kier alpha value is -3.32. The number of carbonyl (C=O) groups excluding carboxylic acids is 1. The van der Waals surface area contributed by atoms with Crippen molar-refractivity contribution in [3.8, 4) is 11.3 Å². The summed E-state index contributed by atoms with van der Waals surface area (Å²) in [5.74, 6) is -0.328. The number of anilines is 1. The molecule has 8 heteroatoms. The van der Waals surface area contributed by atoms with E-state index in [0.29, 0.717) is 27.7 Å². The maximum absolute atomic E-state index is 13.0. The van der Waals surface area contributed by atoms with Gasteiger partial charge < -0.3 is 5.32 Å². The minimum atomic E-state index is -4.54. The standard InChI is InChI=1S/C22H15ClF3N3O/c1-13-8-9-18-27-19(14-4-3-7-17(23)11-14)20(29(18)12-13)28-21(30)15-5-2-6-16(10-15)22(24,25)26/h2-12H,1H3,(H,28,30). The molecule has 0 aliphatic carbocycles. The van der Waals surface area contributed by atoms with Crippen LogP contribution in [-0.2, 0) is 6.18 Å². The molecular formula is C22H15ClF3N3O. The van der Waals surface area contributed by atoms with Crippen LogP contribution in [0, 0.1) is 6.92 Å². The van der Waals surface area contributed by atoms with E-state index >= 15 is 0 Å². The van der Waals surface area contributed by atoms with Crippen LogP contribution in [0.15, 0.2) is 66.9 Å². The van der Waals surface area contributed by atoms with Crippen LogP contribution in [0.4, 0.5) is 19.0 Å². The van der Waals surface area contributed by atoms with Crippen molar-refractivity contribution in [2.24, 2.45) is 0 Å². The molecule has 0 spiro atoms. The van der Waals surface area contributed by atoms with Crippen LogP contribution in [-0.4, -0.2) is 15.3 Å². The number of alkyl halides is 3. The predicted octanol–water partition coefficient (Wildman–Crippen LogP) is 6.23. The number of hydrogen-bond donors (Lipinski definition) is 1. The maximum atomic E-state index is 13.0. The number of benzene rings is 2. The molecule has 0 unspecified atom stereocenters. The lowest BCUT2D eigenvalue weighted by molar-refractivity contribution is -0.137. The van der Waals surface area contributed by atoms with Crippen molar-refractivity contribution in [3.05, 3.63) is 88.6 Å². The zero-order valence-electron chi connectivity index (χ0n) is 15.7. The second kappa shape index (κ2) is 7.50. The number of hydrogen-bond acceptors (Lipinski definition) is 2. The number of nitrogens with zero attached hydrogens (tertiary/aromatic N) is 2. The van der Waals surface area contributed by atoms with Gasteiger partial charge in [-0.2, -0.15) is 13.2 Å². The number of imidazole rings is 1. The summed E-state index contributed by atoms with van der Waals surface area (Å²) in [7, 11) is 0. The van der Waals surface area contributed by atoms with E-state index in [-0.39, 0.29) is 5.56 Å². The molecule has 152 valence electrons. The summed E-state index contributed by atoms with van der Waals surface area (Å²) in [6.45, 7) is 1.89. The summed E-state index contributed by atoms with van der Waals surface area (Å²) in [4.78, 5) is 17.4. The van der Waals surface area contributed by atoms with Gasteiger partial charge in [0.2, 0.25) is 0 Å². The number of fused-ring (bicyclic) bond motifs is 1. The largest absolute Gasteiger partial charge is 0.416 e. The molecule has 4 nitrogen and oxygen atoms in total. The SMILES string of the molecule is Cc1ccc2nc(-c3cccc(Cl)c3)c(NC(=O)c3cccc(C(F)(F)F)c3)n2c1. The zero-order chi connectivity index (χ0) is 21.5. The Kier molecular flexibility index (Phi) is 4.99. The van der Waals surface area contributed by atoms with Crippen molar-refractivity contribution in [2.45, 2.75) is 13.1 Å². The molecule has 0 saturated carbocycles. The number of carbonyl (C=O) groups is 1. The first kappa shape index (κ1) is 20.0. The molecule has 2 aromatic carbocycles. The Morgan fingerprint density at radius 2 is 1.83 bits per heavy atom. The van der Waals surface area contributed by atoms with Gasteiger partial charge in [0.25, 0.3) is 5.91 Å². The van der Waals surface area contributed by atoms with E-state index in [1.807, 2.05) is 13.0 Å². The lowest BCUT2D eigenvalue weighted by Crippen LogP contribution is -2.15. The number of nitrogens with one attached hydrogen (secondary N) is 1. The molecule has 0 aliphatic heterocycles. The van der Waals surface area contributed by atoms with Crippen LogP contribution in [0.1, 0.15) is 21.5 Å². The normalized spacial score (nSPS) is 11.6. The number of aryl methyl sites for hydroxylation is 1. The molecule has 2 heterocycles. The van der Waals surface area contributed by atoms with Crippen molar-refractivity contribution < 1.29 is 18.0 Å².